The number of hydrogen-bond donors (Lipinski definition) is 2. The molecule has 4 aliphatic rings. The molecule has 0 unspecified atom stereocenters. The lowest BCUT2D eigenvalue weighted by atomic mass is 9.74. The van der Waals surface area contributed by atoms with Gasteiger partial charge >= 0.3 is 5.97 Å². The van der Waals surface area contributed by atoms with Crippen molar-refractivity contribution >= 4 is 29.4 Å². The third-order valence-electron chi connectivity index (χ3n) is 8.78. The molecule has 2 aromatic rings. The number of aliphatic hydroxyl groups is 1. The van der Waals surface area contributed by atoms with Crippen molar-refractivity contribution in [1.29, 1.82) is 0 Å². The van der Waals surface area contributed by atoms with E-state index in [1.165, 1.54) is 9.80 Å². The van der Waals surface area contributed by atoms with Gasteiger partial charge in [0.1, 0.15) is 29.4 Å². The van der Waals surface area contributed by atoms with E-state index in [-0.39, 0.29) is 38.6 Å². The van der Waals surface area contributed by atoms with Crippen molar-refractivity contribution in [3.05, 3.63) is 84.5 Å². The molecular weight excluding hydrogens is 566 g/mol. The monoisotopic (exact) mass is 601 g/mol. The van der Waals surface area contributed by atoms with Gasteiger partial charge in [-0.25, -0.2) is 0 Å². The fourth-order valence-corrected chi connectivity index (χ4v) is 6.72. The van der Waals surface area contributed by atoms with E-state index in [4.69, 9.17) is 14.2 Å². The van der Waals surface area contributed by atoms with Gasteiger partial charge in [0.2, 0.25) is 11.8 Å². The number of carbonyl (C=O) groups excluding carboxylic acids is 4. The fraction of sp³-hybridized carbons (Fsp3) is 0.394. The first kappa shape index (κ1) is 29.6. The summed E-state index contributed by atoms with van der Waals surface area (Å²) < 4.78 is 17.7. The number of anilines is 1. The lowest BCUT2D eigenvalue weighted by molar-refractivity contribution is -0.159. The van der Waals surface area contributed by atoms with Crippen LogP contribution in [-0.2, 0) is 28.7 Å². The molecule has 2 aromatic carbocycles. The van der Waals surface area contributed by atoms with Crippen LogP contribution < -0.4 is 15.0 Å². The fourth-order valence-electron chi connectivity index (χ4n) is 6.72. The Kier molecular flexibility index (Phi) is 8.24. The summed E-state index contributed by atoms with van der Waals surface area (Å²) in [6.45, 7) is -0.278. The number of aliphatic hydroxyl groups excluding tert-OH is 1. The molecule has 2 N–H and O–H groups in total. The number of rotatable bonds is 5. The molecule has 0 saturated carbocycles. The molecule has 2 fully saturated rings. The molecule has 44 heavy (non-hydrogen) atoms. The summed E-state index contributed by atoms with van der Waals surface area (Å²) in [7, 11) is 1.55. The zero-order valence-electron chi connectivity index (χ0n) is 24.3. The number of ether oxygens (including phenoxy) is 3. The Morgan fingerprint density at radius 2 is 1.80 bits per heavy atom. The number of likely N-dealkylation sites (tertiary alicyclic amines) is 1. The zero-order chi connectivity index (χ0) is 30.8. The van der Waals surface area contributed by atoms with E-state index >= 15 is 0 Å². The molecule has 0 radical (unpaired) electrons. The van der Waals surface area contributed by atoms with E-state index in [0.717, 1.165) is 0 Å². The molecule has 11 nitrogen and oxygen atoms in total. The van der Waals surface area contributed by atoms with Gasteiger partial charge in [-0.1, -0.05) is 54.6 Å². The van der Waals surface area contributed by atoms with Gasteiger partial charge < -0.3 is 34.4 Å². The number of allylic oxidation sites excluding steroid dienone is 1. The number of cyclic esters (lactones) is 1. The number of methoxy groups -OCH3 is 1. The second-order valence-electron chi connectivity index (χ2n) is 11.3. The van der Waals surface area contributed by atoms with Crippen molar-refractivity contribution in [1.82, 2.24) is 10.2 Å². The van der Waals surface area contributed by atoms with Crippen LogP contribution in [0.1, 0.15) is 24.5 Å². The van der Waals surface area contributed by atoms with E-state index in [1.807, 2.05) is 24.3 Å². The second kappa shape index (κ2) is 12.3. The van der Waals surface area contributed by atoms with Crippen LogP contribution in [0.25, 0.3) is 0 Å². The standard InChI is InChI=1S/C33H35N3O8/c1-42-23-13-11-22(12-14-23)35-17-7-3-6-10-26(38)34-20-25(21-8-4-2-5-9-21)43-32(41)27-24-15-16-33(44-24)28(27)30(39)36(18-19-37)29(33)31(35)40/h2-5,7-9,11-16,24-25,27-29,37H,6,10,17-20H2,1H3,(H,34,38)/b7-3-/t24-,25-,27+,28+,29-,33+/m0/s1. The summed E-state index contributed by atoms with van der Waals surface area (Å²) in [4.78, 5) is 58.1. The molecule has 0 aromatic heterocycles. The molecule has 3 amide bonds. The minimum absolute atomic E-state index is 0.0547. The predicted octanol–water partition coefficient (Wildman–Crippen LogP) is 1.92. The number of esters is 1. The molecule has 4 aliphatic heterocycles. The topological polar surface area (TPSA) is 135 Å². The zero-order valence-corrected chi connectivity index (χ0v) is 24.3. The number of benzene rings is 2. The Morgan fingerprint density at radius 1 is 1.02 bits per heavy atom. The van der Waals surface area contributed by atoms with Crippen molar-refractivity contribution in [2.24, 2.45) is 11.8 Å². The third-order valence-corrected chi connectivity index (χ3v) is 8.78. The van der Waals surface area contributed by atoms with Gasteiger partial charge in [0, 0.05) is 25.2 Å². The smallest absolute Gasteiger partial charge is 0.313 e. The van der Waals surface area contributed by atoms with Crippen LogP contribution in [-0.4, -0.2) is 84.8 Å². The summed E-state index contributed by atoms with van der Waals surface area (Å²) in [5.74, 6) is -3.18. The Balaban J connectivity index is 1.41. The highest BCUT2D eigenvalue weighted by Crippen LogP contribution is 2.55. The highest BCUT2D eigenvalue weighted by atomic mass is 16.6. The van der Waals surface area contributed by atoms with Gasteiger partial charge in [0.15, 0.2) is 0 Å². The third kappa shape index (κ3) is 5.16. The largest absolute Gasteiger partial charge is 0.497 e. The van der Waals surface area contributed by atoms with Crippen molar-refractivity contribution in [3.8, 4) is 5.75 Å². The van der Waals surface area contributed by atoms with E-state index in [9.17, 15) is 24.3 Å². The minimum atomic E-state index is -1.42. The summed E-state index contributed by atoms with van der Waals surface area (Å²) in [5.41, 5.74) is -0.169. The normalized spacial score (nSPS) is 31.1. The first-order valence-corrected chi connectivity index (χ1v) is 14.8. The Morgan fingerprint density at radius 3 is 2.52 bits per heavy atom. The number of nitrogens with zero attached hydrogens (tertiary/aromatic N) is 2. The molecule has 0 aliphatic carbocycles. The van der Waals surface area contributed by atoms with Crippen LogP contribution in [0.5, 0.6) is 5.75 Å². The average molecular weight is 602 g/mol. The molecule has 1 spiro atoms. The molecule has 4 heterocycles. The Labute approximate surface area is 255 Å². The maximum absolute atomic E-state index is 14.6. The number of β-amino-alcohol motifs (C(OH)–C–C–N with tert-alkyl or cyclic N) is 1. The molecule has 11 heteroatoms. The van der Waals surface area contributed by atoms with E-state index in [2.05, 4.69) is 5.32 Å². The Bertz CT molecular complexity index is 1480. The van der Waals surface area contributed by atoms with E-state index in [0.29, 0.717) is 23.4 Å². The SMILES string of the molecule is COc1ccc(N2C/C=C\CCC(=O)NC[C@@H](c3ccccc3)OC(=O)[C@@H]3[C@@H]4C=C[C@]5(O4)[C@H](C2=O)N(CCO)C(=O)[C@@H]35)cc1. The van der Waals surface area contributed by atoms with Crippen molar-refractivity contribution in [3.63, 3.8) is 0 Å². The lowest BCUT2D eigenvalue weighted by Crippen LogP contribution is -2.56. The summed E-state index contributed by atoms with van der Waals surface area (Å²) in [5, 5.41) is 12.8. The summed E-state index contributed by atoms with van der Waals surface area (Å²) >= 11 is 0. The van der Waals surface area contributed by atoms with Crippen LogP contribution in [0, 0.1) is 11.8 Å². The van der Waals surface area contributed by atoms with Gasteiger partial charge in [-0.15, -0.1) is 0 Å². The van der Waals surface area contributed by atoms with Gasteiger partial charge in [-0.3, -0.25) is 19.2 Å². The van der Waals surface area contributed by atoms with Crippen molar-refractivity contribution in [2.45, 2.75) is 36.7 Å². The quantitative estimate of drug-likeness (QED) is 0.392. The molecule has 6 atom stereocenters. The van der Waals surface area contributed by atoms with Crippen LogP contribution >= 0.6 is 0 Å². The minimum Gasteiger partial charge on any atom is -0.497 e. The van der Waals surface area contributed by atoms with E-state index < -0.39 is 53.5 Å². The van der Waals surface area contributed by atoms with Gasteiger partial charge in [0.25, 0.3) is 5.91 Å². The number of hydrogen-bond acceptors (Lipinski definition) is 8. The maximum atomic E-state index is 14.6. The predicted molar refractivity (Wildman–Crippen MR) is 158 cm³/mol. The van der Waals surface area contributed by atoms with Crippen molar-refractivity contribution in [2.75, 3.05) is 38.3 Å². The Hall–Kier alpha value is -4.48. The first-order chi connectivity index (χ1) is 21.4. The van der Waals surface area contributed by atoms with Crippen LogP contribution in [0.4, 0.5) is 5.69 Å². The summed E-state index contributed by atoms with van der Waals surface area (Å²) in [6.07, 6.45) is 6.12. The van der Waals surface area contributed by atoms with Crippen LogP contribution in [0.15, 0.2) is 78.9 Å². The first-order valence-electron chi connectivity index (χ1n) is 14.8. The molecule has 2 saturated heterocycles. The highest BCUT2D eigenvalue weighted by molar-refractivity contribution is 6.05. The van der Waals surface area contributed by atoms with Gasteiger partial charge in [-0.05, 0) is 36.2 Å². The molecule has 5 bridgehead atoms. The lowest BCUT2D eigenvalue weighted by Gasteiger charge is -2.35. The van der Waals surface area contributed by atoms with Crippen LogP contribution in [0.3, 0.4) is 0 Å². The average Bonchev–Trinajstić information content (AvgIpc) is 3.68. The summed E-state index contributed by atoms with van der Waals surface area (Å²) in [6, 6.07) is 14.9. The van der Waals surface area contributed by atoms with Crippen LogP contribution in [0.2, 0.25) is 0 Å². The molecular formula is C33H35N3O8. The molecule has 230 valence electrons. The number of carbonyl (C=O) groups is 4. The van der Waals surface area contributed by atoms with Crippen molar-refractivity contribution < 1.29 is 38.5 Å². The van der Waals surface area contributed by atoms with Gasteiger partial charge in [0.05, 0.1) is 32.3 Å². The number of fused-ring (bicyclic) bond motifs is 2. The second-order valence-corrected chi connectivity index (χ2v) is 11.3. The maximum Gasteiger partial charge on any atom is 0.313 e. The number of nitrogens with one attached hydrogen (secondary N) is 1. The molecule has 6 rings (SSSR count). The number of amides is 3. The van der Waals surface area contributed by atoms with Gasteiger partial charge in [-0.2, -0.15) is 0 Å². The van der Waals surface area contributed by atoms with E-state index in [1.54, 1.807) is 61.7 Å². The highest BCUT2D eigenvalue weighted by Gasteiger charge is 2.73.